The Kier molecular flexibility index (Phi) is 12.6. The average molecular weight is 908 g/mol. The zero-order chi connectivity index (χ0) is 35.0. The molecule has 2 unspecified atom stereocenters. The number of benzene rings is 1. The van der Waals surface area contributed by atoms with Gasteiger partial charge < -0.3 is 0 Å². The Morgan fingerprint density at radius 3 is 1.29 bits per heavy atom. The summed E-state index contributed by atoms with van der Waals surface area (Å²) in [5, 5.41) is 1.94. The Hall–Kier alpha value is -0.843. The third-order valence-corrected chi connectivity index (χ3v) is 22.1. The Labute approximate surface area is 303 Å². The summed E-state index contributed by atoms with van der Waals surface area (Å²) in [6, 6.07) is 7.92. The van der Waals surface area contributed by atoms with E-state index < -0.39 is 36.8 Å². The molecule has 0 bridgehead atoms. The number of halogens is 2. The van der Waals surface area contributed by atoms with Crippen molar-refractivity contribution in [2.45, 2.75) is 122 Å². The van der Waals surface area contributed by atoms with Crippen LogP contribution in [-0.2, 0) is 12.8 Å². The van der Waals surface area contributed by atoms with Crippen LogP contribution in [0.4, 0.5) is 8.78 Å². The van der Waals surface area contributed by atoms with Crippen LogP contribution in [-0.4, -0.2) is 36.8 Å². The molecule has 2 atom stereocenters. The van der Waals surface area contributed by atoms with Gasteiger partial charge in [0.05, 0.1) is 0 Å². The van der Waals surface area contributed by atoms with Gasteiger partial charge in [0.2, 0.25) is 0 Å². The van der Waals surface area contributed by atoms with E-state index >= 15 is 8.78 Å². The fourth-order valence-electron chi connectivity index (χ4n) is 6.75. The summed E-state index contributed by atoms with van der Waals surface area (Å²) >= 11 is -2.27. The number of thiophene rings is 2. The van der Waals surface area contributed by atoms with Crippen molar-refractivity contribution in [3.05, 3.63) is 45.7 Å². The number of rotatable bonds is 16. The molecule has 4 heterocycles. The Morgan fingerprint density at radius 1 is 0.604 bits per heavy atom. The maximum absolute atomic E-state index is 15.8. The van der Waals surface area contributed by atoms with Crippen LogP contribution in [0.3, 0.4) is 0 Å². The molecule has 0 saturated heterocycles. The summed E-state index contributed by atoms with van der Waals surface area (Å²) in [5.74, 6) is 0.723. The van der Waals surface area contributed by atoms with Crippen molar-refractivity contribution >= 4 is 88.9 Å². The van der Waals surface area contributed by atoms with Gasteiger partial charge in [-0.2, -0.15) is 0 Å². The molecule has 0 aliphatic carbocycles. The van der Waals surface area contributed by atoms with Crippen molar-refractivity contribution in [3.8, 4) is 20.9 Å². The normalized spacial score (nSPS) is 14.1. The van der Waals surface area contributed by atoms with E-state index in [4.69, 9.17) is 8.83 Å². The van der Waals surface area contributed by atoms with Gasteiger partial charge in [-0.15, -0.1) is 0 Å². The van der Waals surface area contributed by atoms with Gasteiger partial charge in [0.15, 0.2) is 0 Å². The first-order valence-electron chi connectivity index (χ1n) is 18.3. The van der Waals surface area contributed by atoms with Crippen LogP contribution in [0, 0.1) is 23.5 Å². The standard InChI is InChI=1S/C34H38F2O2S2.6CH3.2Sn/c1-5-9-11-21(7-3)17-27-25(35)19-29(39-27)31-23-13-15-38-34(23)32(24-14-16-37-33(24)31)30-20-26(36)28(40-30)18-22(8-4)12-10-6-2;;;;;;;;/h13-14,19-22H,5-12,17-18H2,1-4H3;6*1H3;;. The van der Waals surface area contributed by atoms with E-state index in [1.54, 1.807) is 34.8 Å². The molecule has 0 spiro atoms. The maximum atomic E-state index is 15.8. The molecule has 1 aromatic carbocycles. The van der Waals surface area contributed by atoms with Crippen molar-refractivity contribution in [2.24, 2.45) is 11.8 Å². The fourth-order valence-corrected chi connectivity index (χ4v) is 14.8. The Morgan fingerprint density at radius 2 is 0.979 bits per heavy atom. The summed E-state index contributed by atoms with van der Waals surface area (Å²) < 4.78 is 47.6. The summed E-state index contributed by atoms with van der Waals surface area (Å²) in [7, 11) is 0. The van der Waals surface area contributed by atoms with Gasteiger partial charge in [-0.3, -0.25) is 0 Å². The van der Waals surface area contributed by atoms with Crippen molar-refractivity contribution in [2.75, 3.05) is 0 Å². The van der Waals surface area contributed by atoms with Crippen LogP contribution in [0.25, 0.3) is 42.8 Å². The van der Waals surface area contributed by atoms with E-state index in [2.05, 4.69) is 69.5 Å². The number of unbranched alkanes of at least 4 members (excludes halogenated alkanes) is 2. The van der Waals surface area contributed by atoms with Gasteiger partial charge in [0.1, 0.15) is 0 Å². The molecule has 0 saturated carbocycles. The number of hydrogen-bond acceptors (Lipinski definition) is 4. The molecule has 0 radical (unpaired) electrons. The van der Waals surface area contributed by atoms with E-state index in [0.29, 0.717) is 11.8 Å². The molecule has 4 aromatic heterocycles. The summed E-state index contributed by atoms with van der Waals surface area (Å²) in [6.07, 6.45) is 10.6. The first-order chi connectivity index (χ1) is 22.7. The SMILES string of the molecule is CCCCC(CC)Cc1sc(-c2c3c[c]([Sn]([CH3])([CH3])[CH3])oc3c(-c3cc(F)c(CC(CC)CCCC)s3)c3c[c]([Sn]([CH3])([CH3])[CH3])oc23)cc1F. The minimum atomic E-state index is -2.71. The number of fused-ring (bicyclic) bond motifs is 2. The second-order valence-electron chi connectivity index (χ2n) is 16.0. The van der Waals surface area contributed by atoms with E-state index in [0.717, 1.165) is 111 Å². The minimum absolute atomic E-state index is 0.116. The monoisotopic (exact) mass is 910 g/mol. The van der Waals surface area contributed by atoms with E-state index in [1.165, 1.54) is 12.8 Å². The van der Waals surface area contributed by atoms with Crippen LogP contribution in [0.15, 0.2) is 33.1 Å². The molecular formula is C40H56F2O2S2Sn2. The molecule has 0 amide bonds. The topological polar surface area (TPSA) is 26.3 Å². The molecule has 0 aliphatic heterocycles. The summed E-state index contributed by atoms with van der Waals surface area (Å²) in [4.78, 5) is 17.6. The first kappa shape index (κ1) is 38.4. The van der Waals surface area contributed by atoms with Gasteiger partial charge in [-0.05, 0) is 0 Å². The van der Waals surface area contributed by atoms with Gasteiger partial charge >= 0.3 is 293 Å². The first-order valence-corrected chi connectivity index (χ1v) is 39.9. The van der Waals surface area contributed by atoms with E-state index in [-0.39, 0.29) is 11.6 Å². The predicted octanol–water partition coefficient (Wildman–Crippen LogP) is 13.5. The molecule has 8 heteroatoms. The number of furan rings is 2. The molecule has 5 aromatic rings. The van der Waals surface area contributed by atoms with Crippen LogP contribution < -0.4 is 7.55 Å². The zero-order valence-corrected chi connectivity index (χ0v) is 38.3. The van der Waals surface area contributed by atoms with Crippen molar-refractivity contribution < 1.29 is 17.6 Å². The molecule has 262 valence electrons. The molecule has 0 aliphatic rings. The molecular weight excluding hydrogens is 852 g/mol. The van der Waals surface area contributed by atoms with Crippen LogP contribution in [0.1, 0.15) is 88.8 Å². The van der Waals surface area contributed by atoms with Gasteiger partial charge in [-0.1, -0.05) is 13.8 Å². The van der Waals surface area contributed by atoms with Crippen molar-refractivity contribution in [1.29, 1.82) is 0 Å². The average Bonchev–Trinajstić information content (AvgIpc) is 3.81. The summed E-state index contributed by atoms with van der Waals surface area (Å²) in [6.45, 7) is 8.88. The second-order valence-corrected chi connectivity index (χ2v) is 46.7. The van der Waals surface area contributed by atoms with Gasteiger partial charge in [-0.25, -0.2) is 0 Å². The van der Waals surface area contributed by atoms with E-state index in [1.807, 2.05) is 0 Å². The summed E-state index contributed by atoms with van der Waals surface area (Å²) in [5.41, 5.74) is 3.48. The second kappa shape index (κ2) is 15.8. The third-order valence-electron chi connectivity index (χ3n) is 9.98. The molecule has 2 nitrogen and oxygen atoms in total. The quantitative estimate of drug-likeness (QED) is 0.0922. The number of hydrogen-bond donors (Lipinski definition) is 0. The predicted molar refractivity (Wildman–Crippen MR) is 213 cm³/mol. The van der Waals surface area contributed by atoms with Gasteiger partial charge in [0, 0.05) is 0 Å². The van der Waals surface area contributed by atoms with Gasteiger partial charge in [0.25, 0.3) is 0 Å². The Bertz CT molecular complexity index is 1660. The zero-order valence-electron chi connectivity index (χ0n) is 30.9. The van der Waals surface area contributed by atoms with E-state index in [9.17, 15) is 0 Å². The molecule has 48 heavy (non-hydrogen) atoms. The molecule has 5 rings (SSSR count). The van der Waals surface area contributed by atoms with Crippen LogP contribution >= 0.6 is 22.7 Å². The van der Waals surface area contributed by atoms with Crippen molar-refractivity contribution in [1.82, 2.24) is 0 Å². The molecule has 0 fully saturated rings. The Balaban J connectivity index is 1.76. The van der Waals surface area contributed by atoms with Crippen LogP contribution in [0.5, 0.6) is 0 Å². The van der Waals surface area contributed by atoms with Crippen molar-refractivity contribution in [3.63, 3.8) is 0 Å². The fraction of sp³-hybridized carbons (Fsp3) is 0.550. The van der Waals surface area contributed by atoms with Crippen LogP contribution in [0.2, 0.25) is 29.6 Å². The molecule has 0 N–H and O–H groups in total. The third kappa shape index (κ3) is 8.27.